The molecule has 1 aliphatic rings. The number of nitrogens with zero attached hydrogens (tertiary/aromatic N) is 3. The standard InChI is InChI=1S/C16H26N4O/c1-12-5-4-6-15(14(12)3)20-9-7-19(8-10-20)11-13(2)16(17)18-21/h4-6,13,21H,7-11H2,1-3H3,(H2,17,18). The molecule has 0 radical (unpaired) electrons. The van der Waals surface area contributed by atoms with Crippen LogP contribution in [0.1, 0.15) is 18.1 Å². The van der Waals surface area contributed by atoms with E-state index < -0.39 is 0 Å². The second kappa shape index (κ2) is 6.80. The lowest BCUT2D eigenvalue weighted by Gasteiger charge is -2.37. The lowest BCUT2D eigenvalue weighted by molar-refractivity contribution is 0.240. The van der Waals surface area contributed by atoms with Gasteiger partial charge in [-0.3, -0.25) is 4.90 Å². The number of nitrogens with two attached hydrogens (primary N) is 1. The zero-order chi connectivity index (χ0) is 15.4. The van der Waals surface area contributed by atoms with Crippen molar-refractivity contribution in [2.24, 2.45) is 16.8 Å². The molecule has 3 N–H and O–H groups in total. The van der Waals surface area contributed by atoms with Gasteiger partial charge in [-0.25, -0.2) is 0 Å². The average Bonchev–Trinajstić information content (AvgIpc) is 2.50. The molecule has 1 unspecified atom stereocenters. The van der Waals surface area contributed by atoms with E-state index in [-0.39, 0.29) is 5.92 Å². The smallest absolute Gasteiger partial charge is 0.143 e. The lowest BCUT2D eigenvalue weighted by Crippen LogP contribution is -2.49. The van der Waals surface area contributed by atoms with E-state index in [2.05, 4.69) is 47.0 Å². The van der Waals surface area contributed by atoms with Crippen molar-refractivity contribution < 1.29 is 5.21 Å². The molecule has 1 fully saturated rings. The first-order valence-corrected chi connectivity index (χ1v) is 7.54. The summed E-state index contributed by atoms with van der Waals surface area (Å²) in [6.07, 6.45) is 0. The van der Waals surface area contributed by atoms with Crippen LogP contribution >= 0.6 is 0 Å². The molecule has 1 aliphatic heterocycles. The van der Waals surface area contributed by atoms with Gasteiger partial charge >= 0.3 is 0 Å². The van der Waals surface area contributed by atoms with Crippen molar-refractivity contribution in [3.63, 3.8) is 0 Å². The number of amidine groups is 1. The Bertz CT molecular complexity index is 507. The van der Waals surface area contributed by atoms with E-state index in [1.54, 1.807) is 0 Å². The molecule has 0 amide bonds. The van der Waals surface area contributed by atoms with Crippen LogP contribution < -0.4 is 10.6 Å². The summed E-state index contributed by atoms with van der Waals surface area (Å²) in [5, 5.41) is 11.8. The number of piperazine rings is 1. The molecule has 5 heteroatoms. The fourth-order valence-electron chi connectivity index (χ4n) is 2.83. The second-order valence-corrected chi connectivity index (χ2v) is 5.93. The highest BCUT2D eigenvalue weighted by Gasteiger charge is 2.21. The van der Waals surface area contributed by atoms with Crippen molar-refractivity contribution in [3.05, 3.63) is 29.3 Å². The zero-order valence-corrected chi connectivity index (χ0v) is 13.2. The van der Waals surface area contributed by atoms with Gasteiger partial charge in [-0.2, -0.15) is 0 Å². The number of hydrogen-bond acceptors (Lipinski definition) is 4. The Labute approximate surface area is 127 Å². The molecule has 0 saturated carbocycles. The predicted octanol–water partition coefficient (Wildman–Crippen LogP) is 1.81. The van der Waals surface area contributed by atoms with Gasteiger partial charge in [0, 0.05) is 44.3 Å². The van der Waals surface area contributed by atoms with Crippen LogP contribution in [-0.2, 0) is 0 Å². The average molecular weight is 290 g/mol. The zero-order valence-electron chi connectivity index (χ0n) is 13.2. The summed E-state index contributed by atoms with van der Waals surface area (Å²) in [5.74, 6) is 0.397. The Balaban J connectivity index is 1.93. The van der Waals surface area contributed by atoms with Gasteiger partial charge in [-0.1, -0.05) is 24.2 Å². The monoisotopic (exact) mass is 290 g/mol. The van der Waals surface area contributed by atoms with E-state index >= 15 is 0 Å². The molecule has 1 aromatic rings. The summed E-state index contributed by atoms with van der Waals surface area (Å²) in [6, 6.07) is 6.50. The highest BCUT2D eigenvalue weighted by molar-refractivity contribution is 5.82. The van der Waals surface area contributed by atoms with Gasteiger partial charge in [0.2, 0.25) is 0 Å². The quantitative estimate of drug-likeness (QED) is 0.384. The third kappa shape index (κ3) is 3.67. The van der Waals surface area contributed by atoms with Gasteiger partial charge < -0.3 is 15.8 Å². The molecule has 0 aliphatic carbocycles. The van der Waals surface area contributed by atoms with Gasteiger partial charge in [0.1, 0.15) is 5.84 Å². The van der Waals surface area contributed by atoms with Crippen molar-refractivity contribution in [3.8, 4) is 0 Å². The van der Waals surface area contributed by atoms with Gasteiger partial charge in [0.05, 0.1) is 0 Å². The molecule has 1 saturated heterocycles. The Morgan fingerprint density at radius 3 is 2.57 bits per heavy atom. The van der Waals surface area contributed by atoms with Gasteiger partial charge in [0.25, 0.3) is 0 Å². The van der Waals surface area contributed by atoms with Crippen LogP contribution in [0.2, 0.25) is 0 Å². The molecule has 2 rings (SSSR count). The highest BCUT2D eigenvalue weighted by Crippen LogP contribution is 2.23. The minimum absolute atomic E-state index is 0.0854. The molecule has 0 spiro atoms. The number of hydrogen-bond donors (Lipinski definition) is 2. The fraction of sp³-hybridized carbons (Fsp3) is 0.562. The SMILES string of the molecule is Cc1cccc(N2CCN(CC(C)/C(N)=N/O)CC2)c1C. The maximum Gasteiger partial charge on any atom is 0.143 e. The van der Waals surface area contributed by atoms with Crippen molar-refractivity contribution in [2.45, 2.75) is 20.8 Å². The van der Waals surface area contributed by atoms with Crippen LogP contribution in [-0.4, -0.2) is 48.7 Å². The molecule has 1 atom stereocenters. The normalized spacial score (nSPS) is 18.8. The number of aryl methyl sites for hydroxylation is 1. The minimum Gasteiger partial charge on any atom is -0.409 e. The molecule has 0 aromatic heterocycles. The van der Waals surface area contributed by atoms with Gasteiger partial charge in [-0.05, 0) is 31.0 Å². The maximum atomic E-state index is 8.72. The first-order valence-electron chi connectivity index (χ1n) is 7.54. The van der Waals surface area contributed by atoms with Crippen LogP contribution in [0.3, 0.4) is 0 Å². The maximum absolute atomic E-state index is 8.72. The van der Waals surface area contributed by atoms with Crippen molar-refractivity contribution in [1.82, 2.24) is 4.90 Å². The Kier molecular flexibility index (Phi) is 5.07. The molecule has 1 heterocycles. The minimum atomic E-state index is 0.0854. The molecular formula is C16H26N4O. The first-order chi connectivity index (χ1) is 10.0. The summed E-state index contributed by atoms with van der Waals surface area (Å²) in [7, 11) is 0. The third-order valence-electron chi connectivity index (χ3n) is 4.44. The summed E-state index contributed by atoms with van der Waals surface area (Å²) < 4.78 is 0. The summed E-state index contributed by atoms with van der Waals surface area (Å²) in [6.45, 7) is 11.3. The lowest BCUT2D eigenvalue weighted by atomic mass is 10.1. The van der Waals surface area contributed by atoms with E-state index in [1.807, 2.05) is 6.92 Å². The van der Waals surface area contributed by atoms with E-state index in [0.717, 1.165) is 32.7 Å². The molecule has 1 aromatic carbocycles. The van der Waals surface area contributed by atoms with E-state index in [1.165, 1.54) is 16.8 Å². The Morgan fingerprint density at radius 1 is 1.29 bits per heavy atom. The van der Waals surface area contributed by atoms with Crippen molar-refractivity contribution in [1.29, 1.82) is 0 Å². The van der Waals surface area contributed by atoms with Crippen LogP contribution in [0, 0.1) is 19.8 Å². The Hall–Kier alpha value is -1.75. The second-order valence-electron chi connectivity index (χ2n) is 5.93. The number of anilines is 1. The highest BCUT2D eigenvalue weighted by atomic mass is 16.4. The fourth-order valence-corrected chi connectivity index (χ4v) is 2.83. The van der Waals surface area contributed by atoms with Crippen LogP contribution in [0.5, 0.6) is 0 Å². The van der Waals surface area contributed by atoms with Crippen molar-refractivity contribution in [2.75, 3.05) is 37.6 Å². The van der Waals surface area contributed by atoms with E-state index in [4.69, 9.17) is 10.9 Å². The van der Waals surface area contributed by atoms with Gasteiger partial charge in [-0.15, -0.1) is 0 Å². The largest absolute Gasteiger partial charge is 0.409 e. The number of benzene rings is 1. The first kappa shape index (κ1) is 15.6. The Morgan fingerprint density at radius 2 is 1.95 bits per heavy atom. The third-order valence-corrected chi connectivity index (χ3v) is 4.44. The van der Waals surface area contributed by atoms with Crippen LogP contribution in [0.25, 0.3) is 0 Å². The summed E-state index contributed by atoms with van der Waals surface area (Å²) in [5.41, 5.74) is 9.71. The molecular weight excluding hydrogens is 264 g/mol. The van der Waals surface area contributed by atoms with Crippen LogP contribution in [0.4, 0.5) is 5.69 Å². The van der Waals surface area contributed by atoms with E-state index in [0.29, 0.717) is 5.84 Å². The molecule has 21 heavy (non-hydrogen) atoms. The molecule has 116 valence electrons. The summed E-state index contributed by atoms with van der Waals surface area (Å²) >= 11 is 0. The molecule has 0 bridgehead atoms. The molecule has 5 nitrogen and oxygen atoms in total. The topological polar surface area (TPSA) is 65.1 Å². The predicted molar refractivity (Wildman–Crippen MR) is 87.1 cm³/mol. The summed E-state index contributed by atoms with van der Waals surface area (Å²) in [4.78, 5) is 4.83. The van der Waals surface area contributed by atoms with E-state index in [9.17, 15) is 0 Å². The van der Waals surface area contributed by atoms with Gasteiger partial charge in [0.15, 0.2) is 0 Å². The van der Waals surface area contributed by atoms with Crippen molar-refractivity contribution >= 4 is 11.5 Å². The van der Waals surface area contributed by atoms with Crippen LogP contribution in [0.15, 0.2) is 23.4 Å². The number of rotatable bonds is 4. The number of oxime groups is 1.